The van der Waals surface area contributed by atoms with E-state index in [4.69, 9.17) is 4.42 Å². The number of allylic oxidation sites excluding steroid dienone is 1. The third-order valence-corrected chi connectivity index (χ3v) is 5.56. The van der Waals surface area contributed by atoms with E-state index in [1.807, 2.05) is 37.3 Å². The molecule has 8 heteroatoms. The van der Waals surface area contributed by atoms with Crippen LogP contribution in [0.1, 0.15) is 18.7 Å². The molecule has 1 amide bonds. The van der Waals surface area contributed by atoms with E-state index >= 15 is 0 Å². The van der Waals surface area contributed by atoms with Crippen LogP contribution in [0, 0.1) is 0 Å². The predicted octanol–water partition coefficient (Wildman–Crippen LogP) is 3.69. The van der Waals surface area contributed by atoms with Crippen LogP contribution in [0.25, 0.3) is 22.0 Å². The molecule has 1 N–H and O–H groups in total. The summed E-state index contributed by atoms with van der Waals surface area (Å²) in [6, 6.07) is 12.7. The highest BCUT2D eigenvalue weighted by atomic mass is 32.2. The lowest BCUT2D eigenvalue weighted by atomic mass is 10.2. The van der Waals surface area contributed by atoms with Gasteiger partial charge in [-0.1, -0.05) is 36.0 Å². The maximum absolute atomic E-state index is 12.7. The molecule has 0 fully saturated rings. The number of benzene rings is 1. The highest BCUT2D eigenvalue weighted by molar-refractivity contribution is 7.99. The van der Waals surface area contributed by atoms with E-state index in [0.29, 0.717) is 28.5 Å². The molecular weight excluding hydrogens is 400 g/mol. The minimum atomic E-state index is -0.285. The van der Waals surface area contributed by atoms with Crippen molar-refractivity contribution in [3.8, 4) is 0 Å². The number of nitrogens with zero attached hydrogens (tertiary/aromatic N) is 3. The lowest BCUT2D eigenvalue weighted by Crippen LogP contribution is -2.29. The minimum absolute atomic E-state index is 0.104. The molecular formula is C22H20N4O3S. The Morgan fingerprint density at radius 1 is 1.33 bits per heavy atom. The fraction of sp³-hybridized carbons (Fsp3) is 0.182. The van der Waals surface area contributed by atoms with Gasteiger partial charge in [-0.05, 0) is 31.2 Å². The second kappa shape index (κ2) is 8.54. The predicted molar refractivity (Wildman–Crippen MR) is 117 cm³/mol. The summed E-state index contributed by atoms with van der Waals surface area (Å²) in [5.41, 5.74) is 0.942. The molecule has 1 atom stereocenters. The first-order chi connectivity index (χ1) is 14.6. The molecule has 3 aromatic heterocycles. The zero-order valence-electron chi connectivity index (χ0n) is 16.4. The molecule has 1 aromatic carbocycles. The fourth-order valence-corrected chi connectivity index (χ4v) is 3.94. The van der Waals surface area contributed by atoms with Crippen molar-refractivity contribution in [2.45, 2.75) is 24.7 Å². The van der Waals surface area contributed by atoms with Crippen LogP contribution in [0.4, 0.5) is 0 Å². The number of fused-ring (bicyclic) bond motifs is 2. The number of carbonyl (C=O) groups is 1. The first-order valence-electron chi connectivity index (χ1n) is 9.44. The van der Waals surface area contributed by atoms with Crippen molar-refractivity contribution >= 4 is 39.7 Å². The maximum Gasteiger partial charge on any atom is 0.263 e. The molecule has 3 heterocycles. The Labute approximate surface area is 176 Å². The van der Waals surface area contributed by atoms with E-state index in [1.165, 1.54) is 16.3 Å². The summed E-state index contributed by atoms with van der Waals surface area (Å²) in [6.45, 7) is 5.87. The van der Waals surface area contributed by atoms with E-state index in [2.05, 4.69) is 21.9 Å². The van der Waals surface area contributed by atoms with Crippen molar-refractivity contribution < 1.29 is 9.21 Å². The van der Waals surface area contributed by atoms with Gasteiger partial charge in [-0.15, -0.1) is 6.58 Å². The second-order valence-electron chi connectivity index (χ2n) is 6.74. The molecule has 0 aliphatic rings. The number of para-hydroxylation sites is 1. The number of furan rings is 1. The SMILES string of the molecule is C=CCn1c(SCC(=O)N[C@H](C)c2cc3ccccc3o2)nc2ncccc2c1=O. The standard InChI is InChI=1S/C22H20N4O3S/c1-3-11-26-21(28)16-8-6-10-23-20(16)25-22(26)30-13-19(27)24-14(2)18-12-15-7-4-5-9-17(15)29-18/h3-10,12,14H,1,11,13H2,2H3,(H,24,27)/t14-/m1/s1. The summed E-state index contributed by atoms with van der Waals surface area (Å²) >= 11 is 1.19. The molecule has 30 heavy (non-hydrogen) atoms. The van der Waals surface area contributed by atoms with E-state index in [-0.39, 0.29) is 23.3 Å². The number of pyridine rings is 1. The third-order valence-electron chi connectivity index (χ3n) is 4.59. The first-order valence-corrected chi connectivity index (χ1v) is 10.4. The monoisotopic (exact) mass is 420 g/mol. The van der Waals surface area contributed by atoms with Crippen LogP contribution >= 0.6 is 11.8 Å². The van der Waals surface area contributed by atoms with Gasteiger partial charge >= 0.3 is 0 Å². The number of nitrogens with one attached hydrogen (secondary N) is 1. The Bertz CT molecular complexity index is 1260. The number of aromatic nitrogens is 3. The number of hydrogen-bond acceptors (Lipinski definition) is 6. The minimum Gasteiger partial charge on any atom is -0.459 e. The maximum atomic E-state index is 12.7. The summed E-state index contributed by atoms with van der Waals surface area (Å²) in [5.74, 6) is 0.603. The van der Waals surface area contributed by atoms with Gasteiger partial charge in [0.1, 0.15) is 11.3 Å². The number of carbonyl (C=O) groups excluding carboxylic acids is 1. The molecule has 0 bridgehead atoms. The summed E-state index contributed by atoms with van der Waals surface area (Å²) < 4.78 is 7.31. The molecule has 4 rings (SSSR count). The Morgan fingerprint density at radius 3 is 2.97 bits per heavy atom. The van der Waals surface area contributed by atoms with Crippen molar-refractivity contribution in [2.75, 3.05) is 5.75 Å². The normalized spacial score (nSPS) is 12.2. The molecule has 0 spiro atoms. The molecule has 0 saturated heterocycles. The van der Waals surface area contributed by atoms with Gasteiger partial charge < -0.3 is 9.73 Å². The number of hydrogen-bond donors (Lipinski definition) is 1. The van der Waals surface area contributed by atoms with Gasteiger partial charge in [-0.3, -0.25) is 14.2 Å². The highest BCUT2D eigenvalue weighted by Crippen LogP contribution is 2.24. The summed E-state index contributed by atoms with van der Waals surface area (Å²) in [5, 5.41) is 4.78. The molecule has 152 valence electrons. The van der Waals surface area contributed by atoms with Crippen LogP contribution in [-0.2, 0) is 11.3 Å². The van der Waals surface area contributed by atoms with Crippen LogP contribution in [0.5, 0.6) is 0 Å². The Morgan fingerprint density at radius 2 is 2.17 bits per heavy atom. The largest absolute Gasteiger partial charge is 0.459 e. The van der Waals surface area contributed by atoms with E-state index in [0.717, 1.165) is 11.0 Å². The average molecular weight is 420 g/mol. The Balaban J connectivity index is 1.49. The Kier molecular flexibility index (Phi) is 5.67. The van der Waals surface area contributed by atoms with Crippen molar-refractivity contribution in [1.29, 1.82) is 0 Å². The van der Waals surface area contributed by atoms with Crippen molar-refractivity contribution in [2.24, 2.45) is 0 Å². The van der Waals surface area contributed by atoms with Gasteiger partial charge in [0.15, 0.2) is 10.8 Å². The quantitative estimate of drug-likeness (QED) is 0.279. The fourth-order valence-electron chi connectivity index (χ4n) is 3.14. The van der Waals surface area contributed by atoms with Gasteiger partial charge in [-0.2, -0.15) is 0 Å². The lowest BCUT2D eigenvalue weighted by molar-refractivity contribution is -0.119. The molecule has 0 unspecified atom stereocenters. The molecule has 7 nitrogen and oxygen atoms in total. The number of thioether (sulfide) groups is 1. The molecule has 0 aliphatic carbocycles. The molecule has 0 aliphatic heterocycles. The smallest absolute Gasteiger partial charge is 0.263 e. The van der Waals surface area contributed by atoms with Crippen LogP contribution in [0.15, 0.2) is 75.7 Å². The topological polar surface area (TPSA) is 90.0 Å². The van der Waals surface area contributed by atoms with Gasteiger partial charge in [0, 0.05) is 18.1 Å². The second-order valence-corrected chi connectivity index (χ2v) is 7.68. The van der Waals surface area contributed by atoms with Crippen LogP contribution in [0.3, 0.4) is 0 Å². The molecule has 0 saturated carbocycles. The summed E-state index contributed by atoms with van der Waals surface area (Å²) in [6.07, 6.45) is 3.21. The van der Waals surface area contributed by atoms with E-state index in [9.17, 15) is 9.59 Å². The molecule has 4 aromatic rings. The van der Waals surface area contributed by atoms with Crippen molar-refractivity contribution in [1.82, 2.24) is 19.9 Å². The number of rotatable bonds is 7. The van der Waals surface area contributed by atoms with Crippen molar-refractivity contribution in [3.05, 3.63) is 77.4 Å². The first kappa shape index (κ1) is 19.9. The van der Waals surface area contributed by atoms with E-state index in [1.54, 1.807) is 24.4 Å². The van der Waals surface area contributed by atoms with Gasteiger partial charge in [0.2, 0.25) is 5.91 Å². The van der Waals surface area contributed by atoms with Crippen molar-refractivity contribution in [3.63, 3.8) is 0 Å². The van der Waals surface area contributed by atoms with Gasteiger partial charge in [0.25, 0.3) is 5.56 Å². The summed E-state index contributed by atoms with van der Waals surface area (Å²) in [4.78, 5) is 33.9. The Hall–Kier alpha value is -3.39. The number of amides is 1. The van der Waals surface area contributed by atoms with Gasteiger partial charge in [-0.25, -0.2) is 9.97 Å². The van der Waals surface area contributed by atoms with Crippen LogP contribution < -0.4 is 10.9 Å². The van der Waals surface area contributed by atoms with Crippen LogP contribution in [0.2, 0.25) is 0 Å². The zero-order valence-corrected chi connectivity index (χ0v) is 17.2. The van der Waals surface area contributed by atoms with E-state index < -0.39 is 0 Å². The third kappa shape index (κ3) is 3.99. The zero-order chi connectivity index (χ0) is 21.1. The lowest BCUT2D eigenvalue weighted by Gasteiger charge is -2.13. The van der Waals surface area contributed by atoms with Gasteiger partial charge in [0.05, 0.1) is 17.2 Å². The molecule has 0 radical (unpaired) electrons. The average Bonchev–Trinajstić information content (AvgIpc) is 3.19. The highest BCUT2D eigenvalue weighted by Gasteiger charge is 2.16. The summed E-state index contributed by atoms with van der Waals surface area (Å²) in [7, 11) is 0. The van der Waals surface area contributed by atoms with Crippen LogP contribution in [-0.4, -0.2) is 26.2 Å².